The Labute approximate surface area is 104 Å². The van der Waals surface area contributed by atoms with E-state index in [-0.39, 0.29) is 0 Å². The van der Waals surface area contributed by atoms with Crippen molar-refractivity contribution in [3.8, 4) is 5.75 Å². The maximum absolute atomic E-state index is 5.73. The van der Waals surface area contributed by atoms with Gasteiger partial charge in [0.2, 0.25) is 0 Å². The summed E-state index contributed by atoms with van der Waals surface area (Å²) in [6, 6.07) is 8.79. The van der Waals surface area contributed by atoms with E-state index in [1.807, 2.05) is 20.0 Å². The summed E-state index contributed by atoms with van der Waals surface area (Å²) in [6.45, 7) is 7.43. The Hall–Kier alpha value is -1.02. The summed E-state index contributed by atoms with van der Waals surface area (Å²) >= 11 is 0. The predicted molar refractivity (Wildman–Crippen MR) is 71.3 cm³/mol. The normalized spacial score (nSPS) is 23.2. The van der Waals surface area contributed by atoms with Gasteiger partial charge in [-0.05, 0) is 37.8 Å². The molecule has 1 aromatic carbocycles. The zero-order valence-corrected chi connectivity index (χ0v) is 11.3. The summed E-state index contributed by atoms with van der Waals surface area (Å²) in [4.78, 5) is 0. The molecule has 0 saturated heterocycles. The summed E-state index contributed by atoms with van der Waals surface area (Å²) in [6.07, 6.45) is 1.29. The summed E-state index contributed by atoms with van der Waals surface area (Å²) in [5, 5.41) is 3.45. The molecule has 0 heterocycles. The minimum atomic E-state index is 0.410. The van der Waals surface area contributed by atoms with E-state index in [1.165, 1.54) is 12.0 Å². The van der Waals surface area contributed by atoms with E-state index >= 15 is 0 Å². The molecule has 2 atom stereocenters. The van der Waals surface area contributed by atoms with Crippen LogP contribution in [0.25, 0.3) is 0 Å². The van der Waals surface area contributed by atoms with Crippen molar-refractivity contribution < 1.29 is 4.74 Å². The summed E-state index contributed by atoms with van der Waals surface area (Å²) in [5.41, 5.74) is 1.76. The molecule has 1 aliphatic carbocycles. The maximum Gasteiger partial charge on any atom is 0.124 e. The van der Waals surface area contributed by atoms with Gasteiger partial charge in [0.25, 0.3) is 0 Å². The minimum Gasteiger partial charge on any atom is -0.494 e. The van der Waals surface area contributed by atoms with Crippen LogP contribution in [-0.4, -0.2) is 13.7 Å². The van der Waals surface area contributed by atoms with E-state index in [4.69, 9.17) is 4.74 Å². The standard InChI is InChI=1S/C15H23NO/c1-5-17-13-9-7-6-8-11(13)14(16-4)12-10-15(12,2)3/h6-9,12,14,16H,5,10H2,1-4H3. The molecule has 0 aromatic heterocycles. The molecular formula is C15H23NO. The molecule has 94 valence electrons. The third-order valence-electron chi connectivity index (χ3n) is 3.86. The van der Waals surface area contributed by atoms with Crippen LogP contribution in [0.5, 0.6) is 5.75 Å². The van der Waals surface area contributed by atoms with Gasteiger partial charge in [0, 0.05) is 11.6 Å². The number of ether oxygens (including phenoxy) is 1. The van der Waals surface area contributed by atoms with Gasteiger partial charge in [-0.15, -0.1) is 0 Å². The van der Waals surface area contributed by atoms with Gasteiger partial charge in [0.15, 0.2) is 0 Å². The van der Waals surface area contributed by atoms with Crippen LogP contribution >= 0.6 is 0 Å². The Morgan fingerprint density at radius 2 is 2.06 bits per heavy atom. The molecule has 2 heteroatoms. The third-order valence-corrected chi connectivity index (χ3v) is 3.86. The number of benzene rings is 1. The Morgan fingerprint density at radius 1 is 1.41 bits per heavy atom. The number of nitrogens with one attached hydrogen (secondary N) is 1. The van der Waals surface area contributed by atoms with Gasteiger partial charge in [0.1, 0.15) is 5.75 Å². The zero-order chi connectivity index (χ0) is 12.5. The van der Waals surface area contributed by atoms with Crippen LogP contribution in [0.1, 0.15) is 38.8 Å². The molecule has 2 unspecified atom stereocenters. The summed E-state index contributed by atoms with van der Waals surface area (Å²) < 4.78 is 5.73. The first-order valence-corrected chi connectivity index (χ1v) is 6.49. The molecule has 2 nitrogen and oxygen atoms in total. The van der Waals surface area contributed by atoms with Crippen molar-refractivity contribution in [2.45, 2.75) is 33.2 Å². The van der Waals surface area contributed by atoms with Gasteiger partial charge in [-0.3, -0.25) is 0 Å². The Balaban J connectivity index is 2.25. The number of hydrogen-bond donors (Lipinski definition) is 1. The molecule has 1 saturated carbocycles. The van der Waals surface area contributed by atoms with E-state index in [2.05, 4.69) is 37.4 Å². The van der Waals surface area contributed by atoms with E-state index in [9.17, 15) is 0 Å². The average Bonchev–Trinajstić information content (AvgIpc) is 2.91. The molecular weight excluding hydrogens is 210 g/mol. The number of para-hydroxylation sites is 1. The van der Waals surface area contributed by atoms with Crippen molar-refractivity contribution in [1.29, 1.82) is 0 Å². The van der Waals surface area contributed by atoms with Crippen LogP contribution in [0.2, 0.25) is 0 Å². The third kappa shape index (κ3) is 2.47. The first-order valence-electron chi connectivity index (χ1n) is 6.49. The first kappa shape index (κ1) is 12.4. The van der Waals surface area contributed by atoms with Crippen molar-refractivity contribution in [2.24, 2.45) is 11.3 Å². The van der Waals surface area contributed by atoms with Gasteiger partial charge >= 0.3 is 0 Å². The maximum atomic E-state index is 5.73. The highest BCUT2D eigenvalue weighted by molar-refractivity contribution is 5.37. The second-order valence-electron chi connectivity index (χ2n) is 5.54. The van der Waals surface area contributed by atoms with Gasteiger partial charge in [-0.25, -0.2) is 0 Å². The fourth-order valence-corrected chi connectivity index (χ4v) is 2.67. The monoisotopic (exact) mass is 233 g/mol. The zero-order valence-electron chi connectivity index (χ0n) is 11.3. The molecule has 1 aromatic rings. The van der Waals surface area contributed by atoms with Crippen molar-refractivity contribution >= 4 is 0 Å². The topological polar surface area (TPSA) is 21.3 Å². The van der Waals surface area contributed by atoms with E-state index in [0.29, 0.717) is 17.4 Å². The highest BCUT2D eigenvalue weighted by Crippen LogP contribution is 2.58. The fourth-order valence-electron chi connectivity index (χ4n) is 2.67. The highest BCUT2D eigenvalue weighted by Gasteiger charge is 2.50. The molecule has 0 amide bonds. The second kappa shape index (κ2) is 4.69. The van der Waals surface area contributed by atoms with Crippen LogP contribution in [0, 0.1) is 11.3 Å². The lowest BCUT2D eigenvalue weighted by Gasteiger charge is -2.21. The van der Waals surface area contributed by atoms with Crippen molar-refractivity contribution in [2.75, 3.05) is 13.7 Å². The lowest BCUT2D eigenvalue weighted by Crippen LogP contribution is -2.21. The van der Waals surface area contributed by atoms with Crippen LogP contribution in [0.4, 0.5) is 0 Å². The van der Waals surface area contributed by atoms with Crippen LogP contribution in [0.15, 0.2) is 24.3 Å². The molecule has 0 radical (unpaired) electrons. The molecule has 0 spiro atoms. The quantitative estimate of drug-likeness (QED) is 0.841. The Morgan fingerprint density at radius 3 is 2.59 bits per heavy atom. The van der Waals surface area contributed by atoms with Crippen molar-refractivity contribution in [3.63, 3.8) is 0 Å². The average molecular weight is 233 g/mol. The molecule has 2 rings (SSSR count). The van der Waals surface area contributed by atoms with Crippen molar-refractivity contribution in [3.05, 3.63) is 29.8 Å². The second-order valence-corrected chi connectivity index (χ2v) is 5.54. The van der Waals surface area contributed by atoms with Gasteiger partial charge < -0.3 is 10.1 Å². The molecule has 1 N–H and O–H groups in total. The van der Waals surface area contributed by atoms with Crippen molar-refractivity contribution in [1.82, 2.24) is 5.32 Å². The largest absolute Gasteiger partial charge is 0.494 e. The summed E-state index contributed by atoms with van der Waals surface area (Å²) in [7, 11) is 2.04. The van der Waals surface area contributed by atoms with Gasteiger partial charge in [0.05, 0.1) is 6.61 Å². The molecule has 17 heavy (non-hydrogen) atoms. The number of hydrogen-bond acceptors (Lipinski definition) is 2. The first-order chi connectivity index (χ1) is 8.10. The smallest absolute Gasteiger partial charge is 0.124 e. The summed E-state index contributed by atoms with van der Waals surface area (Å²) in [5.74, 6) is 1.74. The molecule has 0 bridgehead atoms. The SMILES string of the molecule is CCOc1ccccc1C(NC)C1CC1(C)C. The van der Waals surface area contributed by atoms with Gasteiger partial charge in [-0.2, -0.15) is 0 Å². The van der Waals surface area contributed by atoms with Gasteiger partial charge in [-0.1, -0.05) is 32.0 Å². The molecule has 1 fully saturated rings. The highest BCUT2D eigenvalue weighted by atomic mass is 16.5. The minimum absolute atomic E-state index is 0.410. The number of rotatable bonds is 5. The fraction of sp³-hybridized carbons (Fsp3) is 0.600. The van der Waals surface area contributed by atoms with Crippen LogP contribution in [0.3, 0.4) is 0 Å². The van der Waals surface area contributed by atoms with E-state index in [1.54, 1.807) is 0 Å². The molecule has 0 aliphatic heterocycles. The van der Waals surface area contributed by atoms with Crippen LogP contribution in [-0.2, 0) is 0 Å². The van der Waals surface area contributed by atoms with Crippen LogP contribution < -0.4 is 10.1 Å². The lowest BCUT2D eigenvalue weighted by atomic mass is 9.96. The Bertz CT molecular complexity index is 386. The predicted octanol–water partition coefficient (Wildman–Crippen LogP) is 3.39. The van der Waals surface area contributed by atoms with E-state index in [0.717, 1.165) is 12.4 Å². The van der Waals surface area contributed by atoms with E-state index < -0.39 is 0 Å². The molecule has 1 aliphatic rings. The Kier molecular flexibility index (Phi) is 3.43. The lowest BCUT2D eigenvalue weighted by molar-refractivity contribution is 0.326.